The maximum absolute atomic E-state index is 12.3. The van der Waals surface area contributed by atoms with E-state index in [1.54, 1.807) is 0 Å². The molecule has 0 bridgehead atoms. The zero-order chi connectivity index (χ0) is 16.4. The Morgan fingerprint density at radius 3 is 2.55 bits per heavy atom. The molecule has 0 saturated carbocycles. The quantitative estimate of drug-likeness (QED) is 0.746. The van der Waals surface area contributed by atoms with Crippen molar-refractivity contribution in [3.05, 3.63) is 29.8 Å². The van der Waals surface area contributed by atoms with E-state index in [0.29, 0.717) is 6.54 Å². The number of nitrogens with one attached hydrogen (secondary N) is 2. The van der Waals surface area contributed by atoms with Gasteiger partial charge in [0.1, 0.15) is 0 Å². The monoisotopic (exact) mass is 325 g/mol. The van der Waals surface area contributed by atoms with E-state index in [4.69, 9.17) is 5.73 Å². The van der Waals surface area contributed by atoms with Gasteiger partial charge in [-0.2, -0.15) is 0 Å². The SMILES string of the molecule is CC1(C)CCCNC1CNS(=O)(=O)c1ccc(C(N)=O)cc1. The summed E-state index contributed by atoms with van der Waals surface area (Å²) >= 11 is 0. The van der Waals surface area contributed by atoms with E-state index < -0.39 is 15.9 Å². The molecule has 4 N–H and O–H groups in total. The highest BCUT2D eigenvalue weighted by atomic mass is 32.2. The molecular formula is C15H23N3O3S. The van der Waals surface area contributed by atoms with Gasteiger partial charge in [-0.1, -0.05) is 13.8 Å². The molecule has 1 saturated heterocycles. The van der Waals surface area contributed by atoms with Crippen LogP contribution < -0.4 is 15.8 Å². The number of rotatable bonds is 5. The average Bonchev–Trinajstić information content (AvgIpc) is 2.46. The molecule has 1 aromatic rings. The van der Waals surface area contributed by atoms with Gasteiger partial charge >= 0.3 is 0 Å². The predicted molar refractivity (Wildman–Crippen MR) is 85.0 cm³/mol. The molecule has 1 aliphatic rings. The second-order valence-corrected chi connectivity index (χ2v) is 8.11. The summed E-state index contributed by atoms with van der Waals surface area (Å²) in [5.41, 5.74) is 5.48. The maximum atomic E-state index is 12.3. The van der Waals surface area contributed by atoms with E-state index in [0.717, 1.165) is 19.4 Å². The Morgan fingerprint density at radius 2 is 2.00 bits per heavy atom. The highest BCUT2D eigenvalue weighted by molar-refractivity contribution is 7.89. The number of hydrogen-bond acceptors (Lipinski definition) is 4. The van der Waals surface area contributed by atoms with Crippen LogP contribution in [0, 0.1) is 5.41 Å². The first kappa shape index (κ1) is 16.9. The van der Waals surface area contributed by atoms with Crippen LogP contribution in [0.2, 0.25) is 0 Å². The van der Waals surface area contributed by atoms with E-state index >= 15 is 0 Å². The number of primary amides is 1. The summed E-state index contributed by atoms with van der Waals surface area (Å²) in [5.74, 6) is -0.579. The van der Waals surface area contributed by atoms with Crippen molar-refractivity contribution >= 4 is 15.9 Å². The molecule has 122 valence electrons. The van der Waals surface area contributed by atoms with E-state index in [-0.39, 0.29) is 21.9 Å². The number of benzene rings is 1. The van der Waals surface area contributed by atoms with Crippen LogP contribution >= 0.6 is 0 Å². The standard InChI is InChI=1S/C15H23N3O3S/c1-15(2)8-3-9-17-13(15)10-18-22(20,21)12-6-4-11(5-7-12)14(16)19/h4-7,13,17-18H,3,8-10H2,1-2H3,(H2,16,19). The number of hydrogen-bond donors (Lipinski definition) is 3. The topological polar surface area (TPSA) is 101 Å². The zero-order valence-electron chi connectivity index (χ0n) is 12.9. The van der Waals surface area contributed by atoms with Crippen LogP contribution in [0.3, 0.4) is 0 Å². The predicted octanol–water partition coefficient (Wildman–Crippen LogP) is 0.842. The summed E-state index contributed by atoms with van der Waals surface area (Å²) in [6.07, 6.45) is 2.17. The molecule has 1 fully saturated rings. The fourth-order valence-corrected chi connectivity index (χ4v) is 3.74. The van der Waals surface area contributed by atoms with Crippen molar-refractivity contribution in [2.24, 2.45) is 11.1 Å². The Morgan fingerprint density at radius 1 is 1.36 bits per heavy atom. The normalized spacial score (nSPS) is 21.5. The van der Waals surface area contributed by atoms with Crippen molar-refractivity contribution in [1.29, 1.82) is 0 Å². The molecule has 0 radical (unpaired) electrons. The molecule has 1 aliphatic heterocycles. The van der Waals surface area contributed by atoms with Crippen molar-refractivity contribution in [2.45, 2.75) is 37.6 Å². The summed E-state index contributed by atoms with van der Waals surface area (Å²) < 4.78 is 27.3. The van der Waals surface area contributed by atoms with E-state index in [1.165, 1.54) is 24.3 Å². The fraction of sp³-hybridized carbons (Fsp3) is 0.533. The van der Waals surface area contributed by atoms with Gasteiger partial charge in [-0.3, -0.25) is 4.79 Å². The van der Waals surface area contributed by atoms with Crippen LogP contribution in [-0.4, -0.2) is 33.5 Å². The highest BCUT2D eigenvalue weighted by Gasteiger charge is 2.32. The lowest BCUT2D eigenvalue weighted by molar-refractivity contribution is 0.1000. The van der Waals surface area contributed by atoms with Gasteiger partial charge in [0, 0.05) is 18.2 Å². The van der Waals surface area contributed by atoms with Gasteiger partial charge in [0.05, 0.1) is 4.90 Å². The van der Waals surface area contributed by atoms with Crippen LogP contribution in [0.1, 0.15) is 37.0 Å². The second-order valence-electron chi connectivity index (χ2n) is 6.34. The first-order valence-corrected chi connectivity index (χ1v) is 8.84. The van der Waals surface area contributed by atoms with Gasteiger partial charge in [-0.15, -0.1) is 0 Å². The molecule has 1 heterocycles. The Hall–Kier alpha value is -1.44. The molecule has 1 atom stereocenters. The lowest BCUT2D eigenvalue weighted by Crippen LogP contribution is -2.52. The lowest BCUT2D eigenvalue weighted by Gasteiger charge is -2.39. The molecule has 0 spiro atoms. The molecule has 1 unspecified atom stereocenters. The number of amides is 1. The minimum atomic E-state index is -3.59. The number of carbonyl (C=O) groups is 1. The van der Waals surface area contributed by atoms with E-state index in [1.807, 2.05) is 0 Å². The molecular weight excluding hydrogens is 302 g/mol. The third kappa shape index (κ3) is 3.85. The first-order valence-electron chi connectivity index (χ1n) is 7.35. The first-order chi connectivity index (χ1) is 10.2. The third-order valence-corrected chi connectivity index (χ3v) is 5.70. The third-order valence-electron chi connectivity index (χ3n) is 4.26. The molecule has 0 aliphatic carbocycles. The summed E-state index contributed by atoms with van der Waals surface area (Å²) in [7, 11) is -3.59. The number of piperidine rings is 1. The summed E-state index contributed by atoms with van der Waals surface area (Å²) in [4.78, 5) is 11.1. The minimum absolute atomic E-state index is 0.0522. The molecule has 0 aromatic heterocycles. The summed E-state index contributed by atoms with van der Waals surface area (Å²) in [6, 6.07) is 5.71. The Bertz CT molecular complexity index is 639. The number of carbonyl (C=O) groups excluding carboxylic acids is 1. The molecule has 2 rings (SSSR count). The van der Waals surface area contributed by atoms with Gasteiger partial charge in [0.15, 0.2) is 0 Å². The Balaban J connectivity index is 2.06. The minimum Gasteiger partial charge on any atom is -0.366 e. The molecule has 1 aromatic carbocycles. The molecule has 6 nitrogen and oxygen atoms in total. The van der Waals surface area contributed by atoms with Crippen molar-refractivity contribution < 1.29 is 13.2 Å². The molecule has 1 amide bonds. The van der Waals surface area contributed by atoms with Gasteiger partial charge in [0.25, 0.3) is 0 Å². The van der Waals surface area contributed by atoms with Crippen LogP contribution in [0.15, 0.2) is 29.2 Å². The highest BCUT2D eigenvalue weighted by Crippen LogP contribution is 2.29. The Labute approximate surface area is 131 Å². The van der Waals surface area contributed by atoms with Gasteiger partial charge in [-0.05, 0) is 49.1 Å². The van der Waals surface area contributed by atoms with Crippen molar-refractivity contribution in [1.82, 2.24) is 10.0 Å². The lowest BCUT2D eigenvalue weighted by atomic mass is 9.78. The zero-order valence-corrected chi connectivity index (χ0v) is 13.7. The van der Waals surface area contributed by atoms with Gasteiger partial charge < -0.3 is 11.1 Å². The van der Waals surface area contributed by atoms with E-state index in [2.05, 4.69) is 23.9 Å². The number of sulfonamides is 1. The second kappa shape index (κ2) is 6.36. The van der Waals surface area contributed by atoms with Crippen molar-refractivity contribution in [2.75, 3.05) is 13.1 Å². The average molecular weight is 325 g/mol. The molecule has 7 heteroatoms. The largest absolute Gasteiger partial charge is 0.366 e. The fourth-order valence-electron chi connectivity index (χ4n) is 2.69. The van der Waals surface area contributed by atoms with Crippen molar-refractivity contribution in [3.8, 4) is 0 Å². The Kier molecular flexibility index (Phi) is 4.89. The summed E-state index contributed by atoms with van der Waals surface area (Å²) in [6.45, 7) is 5.52. The van der Waals surface area contributed by atoms with Crippen LogP contribution in [0.25, 0.3) is 0 Å². The van der Waals surface area contributed by atoms with Gasteiger partial charge in [0.2, 0.25) is 15.9 Å². The number of nitrogens with two attached hydrogens (primary N) is 1. The van der Waals surface area contributed by atoms with Crippen LogP contribution in [0.4, 0.5) is 0 Å². The maximum Gasteiger partial charge on any atom is 0.248 e. The van der Waals surface area contributed by atoms with Crippen LogP contribution in [0.5, 0.6) is 0 Å². The molecule has 22 heavy (non-hydrogen) atoms. The van der Waals surface area contributed by atoms with E-state index in [9.17, 15) is 13.2 Å². The van der Waals surface area contributed by atoms with Gasteiger partial charge in [-0.25, -0.2) is 13.1 Å². The van der Waals surface area contributed by atoms with Crippen LogP contribution in [-0.2, 0) is 10.0 Å². The smallest absolute Gasteiger partial charge is 0.248 e. The van der Waals surface area contributed by atoms with Crippen molar-refractivity contribution in [3.63, 3.8) is 0 Å². The summed E-state index contributed by atoms with van der Waals surface area (Å²) in [5, 5.41) is 3.37.